The molecule has 8 heteroatoms. The van der Waals surface area contributed by atoms with Gasteiger partial charge in [0.15, 0.2) is 0 Å². The zero-order chi connectivity index (χ0) is 24.1. The molecule has 0 spiro atoms. The molecule has 4 rings (SSSR count). The molecule has 1 fully saturated rings. The van der Waals surface area contributed by atoms with Crippen molar-refractivity contribution in [1.29, 1.82) is 0 Å². The number of nitrogens with one attached hydrogen (secondary N) is 1. The number of piperazine rings is 1. The second kappa shape index (κ2) is 10.2. The number of anilines is 2. The van der Waals surface area contributed by atoms with E-state index in [4.69, 9.17) is 9.47 Å². The summed E-state index contributed by atoms with van der Waals surface area (Å²) in [6.07, 6.45) is 1.64. The minimum atomic E-state index is -0.355. The van der Waals surface area contributed by atoms with E-state index < -0.39 is 0 Å². The van der Waals surface area contributed by atoms with Gasteiger partial charge in [-0.1, -0.05) is 24.3 Å². The van der Waals surface area contributed by atoms with Crippen LogP contribution in [0.5, 0.6) is 11.5 Å². The standard InChI is InChI=1S/C26H28N4O4/c1-18(31)29-14-15-30(23(17-29)21-10-4-5-12-24(21)34-3)26(32)22-11-7-13-27-25(22)28-19-8-6-9-20(16-19)33-2/h4-13,16,23H,14-15,17H2,1-3H3,(H,27,28)/t23-/m1/s1. The number of aromatic nitrogens is 1. The molecular formula is C26H28N4O4. The molecule has 1 atom stereocenters. The fourth-order valence-corrected chi connectivity index (χ4v) is 4.19. The first-order valence-electron chi connectivity index (χ1n) is 11.1. The van der Waals surface area contributed by atoms with Crippen LogP contribution in [0.2, 0.25) is 0 Å². The van der Waals surface area contributed by atoms with Crippen LogP contribution in [-0.2, 0) is 4.79 Å². The third-order valence-electron chi connectivity index (χ3n) is 5.96. The maximum atomic E-state index is 13.9. The van der Waals surface area contributed by atoms with Crippen molar-refractivity contribution >= 4 is 23.3 Å². The number of pyridine rings is 1. The van der Waals surface area contributed by atoms with Gasteiger partial charge < -0.3 is 24.6 Å². The van der Waals surface area contributed by atoms with Crippen molar-refractivity contribution < 1.29 is 19.1 Å². The van der Waals surface area contributed by atoms with Crippen molar-refractivity contribution in [1.82, 2.24) is 14.8 Å². The van der Waals surface area contributed by atoms with E-state index in [2.05, 4.69) is 10.3 Å². The Morgan fingerprint density at radius 2 is 1.82 bits per heavy atom. The third kappa shape index (κ3) is 4.80. The van der Waals surface area contributed by atoms with Crippen LogP contribution in [0.4, 0.5) is 11.5 Å². The molecule has 3 aromatic rings. The van der Waals surface area contributed by atoms with E-state index in [1.54, 1.807) is 49.3 Å². The SMILES string of the molecule is COc1cccc(Nc2ncccc2C(=O)N2CCN(C(C)=O)C[C@@H]2c2ccccc2OC)c1. The van der Waals surface area contributed by atoms with E-state index in [0.29, 0.717) is 42.5 Å². The molecule has 2 heterocycles. The first kappa shape index (κ1) is 23.1. The molecule has 0 saturated carbocycles. The zero-order valence-corrected chi connectivity index (χ0v) is 19.5. The summed E-state index contributed by atoms with van der Waals surface area (Å²) < 4.78 is 10.9. The molecule has 1 aliphatic rings. The molecule has 2 aromatic carbocycles. The predicted octanol–water partition coefficient (Wildman–Crippen LogP) is 3.89. The first-order valence-corrected chi connectivity index (χ1v) is 11.1. The monoisotopic (exact) mass is 460 g/mol. The number of benzene rings is 2. The summed E-state index contributed by atoms with van der Waals surface area (Å²) in [5, 5.41) is 3.24. The molecule has 1 N–H and O–H groups in total. The molecule has 8 nitrogen and oxygen atoms in total. The van der Waals surface area contributed by atoms with Crippen LogP contribution in [-0.4, -0.2) is 60.5 Å². The number of ether oxygens (including phenoxy) is 2. The number of hydrogen-bond acceptors (Lipinski definition) is 6. The smallest absolute Gasteiger partial charge is 0.258 e. The minimum Gasteiger partial charge on any atom is -0.497 e. The molecule has 0 bridgehead atoms. The number of para-hydroxylation sites is 1. The van der Waals surface area contributed by atoms with Crippen molar-refractivity contribution in [2.75, 3.05) is 39.2 Å². The number of rotatable bonds is 6. The average Bonchev–Trinajstić information content (AvgIpc) is 2.88. The summed E-state index contributed by atoms with van der Waals surface area (Å²) >= 11 is 0. The Hall–Kier alpha value is -4.07. The van der Waals surface area contributed by atoms with Crippen LogP contribution < -0.4 is 14.8 Å². The average molecular weight is 461 g/mol. The van der Waals surface area contributed by atoms with Crippen LogP contribution in [0, 0.1) is 0 Å². The van der Waals surface area contributed by atoms with Crippen molar-refractivity contribution in [3.8, 4) is 11.5 Å². The highest BCUT2D eigenvalue weighted by molar-refractivity contribution is 5.99. The van der Waals surface area contributed by atoms with Gasteiger partial charge in [-0.3, -0.25) is 9.59 Å². The number of carbonyl (C=O) groups excluding carboxylic acids is 2. The quantitative estimate of drug-likeness (QED) is 0.601. The normalized spacial score (nSPS) is 15.6. The van der Waals surface area contributed by atoms with E-state index in [-0.39, 0.29) is 17.9 Å². The topological polar surface area (TPSA) is 84.0 Å². The molecule has 1 saturated heterocycles. The van der Waals surface area contributed by atoms with Gasteiger partial charge in [-0.25, -0.2) is 4.98 Å². The summed E-state index contributed by atoms with van der Waals surface area (Å²) in [7, 11) is 3.21. The molecule has 1 aromatic heterocycles. The number of carbonyl (C=O) groups is 2. The predicted molar refractivity (Wildman–Crippen MR) is 130 cm³/mol. The van der Waals surface area contributed by atoms with Crippen LogP contribution in [0.1, 0.15) is 28.9 Å². The summed E-state index contributed by atoms with van der Waals surface area (Å²) in [5.74, 6) is 1.64. The Labute approximate surface area is 199 Å². The Balaban J connectivity index is 1.68. The zero-order valence-electron chi connectivity index (χ0n) is 19.5. The van der Waals surface area contributed by atoms with E-state index >= 15 is 0 Å². The highest BCUT2D eigenvalue weighted by Crippen LogP contribution is 2.34. The molecular weight excluding hydrogens is 432 g/mol. The fraction of sp³-hybridized carbons (Fsp3) is 0.269. The summed E-state index contributed by atoms with van der Waals surface area (Å²) in [4.78, 5) is 34.0. The lowest BCUT2D eigenvalue weighted by Gasteiger charge is -2.42. The van der Waals surface area contributed by atoms with Gasteiger partial charge in [0.05, 0.1) is 25.8 Å². The van der Waals surface area contributed by atoms with Crippen LogP contribution in [0.3, 0.4) is 0 Å². The fourth-order valence-electron chi connectivity index (χ4n) is 4.19. The molecule has 1 aliphatic heterocycles. The molecule has 176 valence electrons. The second-order valence-corrected chi connectivity index (χ2v) is 7.98. The summed E-state index contributed by atoms with van der Waals surface area (Å²) in [6.45, 7) is 2.80. The highest BCUT2D eigenvalue weighted by atomic mass is 16.5. The summed E-state index contributed by atoms with van der Waals surface area (Å²) in [6, 6.07) is 18.2. The number of nitrogens with zero attached hydrogens (tertiary/aromatic N) is 3. The van der Waals surface area contributed by atoms with Crippen molar-refractivity contribution in [3.05, 3.63) is 78.0 Å². The Kier molecular flexibility index (Phi) is 6.96. The Morgan fingerprint density at radius 1 is 1.00 bits per heavy atom. The molecule has 0 radical (unpaired) electrons. The van der Waals surface area contributed by atoms with Gasteiger partial charge in [0.2, 0.25) is 5.91 Å². The van der Waals surface area contributed by atoms with Gasteiger partial charge in [-0.2, -0.15) is 0 Å². The Bertz CT molecular complexity index is 1180. The van der Waals surface area contributed by atoms with Gasteiger partial charge in [0.25, 0.3) is 5.91 Å². The lowest BCUT2D eigenvalue weighted by atomic mass is 9.99. The van der Waals surface area contributed by atoms with Crippen molar-refractivity contribution in [2.24, 2.45) is 0 Å². The van der Waals surface area contributed by atoms with Crippen LogP contribution >= 0.6 is 0 Å². The Morgan fingerprint density at radius 3 is 2.59 bits per heavy atom. The van der Waals surface area contributed by atoms with Gasteiger partial charge in [-0.15, -0.1) is 0 Å². The van der Waals surface area contributed by atoms with E-state index in [1.165, 1.54) is 0 Å². The van der Waals surface area contributed by atoms with Crippen molar-refractivity contribution in [3.63, 3.8) is 0 Å². The third-order valence-corrected chi connectivity index (χ3v) is 5.96. The second-order valence-electron chi connectivity index (χ2n) is 7.98. The van der Waals surface area contributed by atoms with Gasteiger partial charge >= 0.3 is 0 Å². The molecule has 0 unspecified atom stereocenters. The molecule has 0 aliphatic carbocycles. The van der Waals surface area contributed by atoms with Crippen molar-refractivity contribution in [2.45, 2.75) is 13.0 Å². The number of hydrogen-bond donors (Lipinski definition) is 1. The van der Waals surface area contributed by atoms with E-state index in [9.17, 15) is 9.59 Å². The van der Waals surface area contributed by atoms with E-state index in [1.807, 2.05) is 48.5 Å². The van der Waals surface area contributed by atoms with Crippen LogP contribution in [0.15, 0.2) is 66.9 Å². The molecule has 2 amide bonds. The van der Waals surface area contributed by atoms with E-state index in [0.717, 1.165) is 11.3 Å². The number of amides is 2. The maximum Gasteiger partial charge on any atom is 0.258 e. The first-order chi connectivity index (χ1) is 16.5. The van der Waals surface area contributed by atoms with Gasteiger partial charge in [0.1, 0.15) is 17.3 Å². The lowest BCUT2D eigenvalue weighted by molar-refractivity contribution is -0.131. The largest absolute Gasteiger partial charge is 0.497 e. The van der Waals surface area contributed by atoms with Gasteiger partial charge in [-0.05, 0) is 30.3 Å². The molecule has 34 heavy (non-hydrogen) atoms. The lowest BCUT2D eigenvalue weighted by Crippen LogP contribution is -2.52. The minimum absolute atomic E-state index is 0.0197. The summed E-state index contributed by atoms with van der Waals surface area (Å²) in [5.41, 5.74) is 2.06. The van der Waals surface area contributed by atoms with Gasteiger partial charge in [0, 0.05) is 50.1 Å². The highest BCUT2D eigenvalue weighted by Gasteiger charge is 2.35. The van der Waals surface area contributed by atoms with Crippen LogP contribution in [0.25, 0.3) is 0 Å². The maximum absolute atomic E-state index is 13.9. The number of methoxy groups -OCH3 is 2.